The number of fused-ring (bicyclic) bond motifs is 1. The van der Waals surface area contributed by atoms with Crippen LogP contribution in [0.3, 0.4) is 0 Å². The average molecular weight is 275 g/mol. The number of hydrogen-bond acceptors (Lipinski definition) is 1. The van der Waals surface area contributed by atoms with E-state index in [4.69, 9.17) is 16.0 Å². The first-order valence-electron chi connectivity index (χ1n) is 6.98. The molecule has 0 N–H and O–H groups in total. The van der Waals surface area contributed by atoms with Crippen LogP contribution in [0, 0.1) is 13.8 Å². The maximum Gasteiger partial charge on any atom is 0.106 e. The summed E-state index contributed by atoms with van der Waals surface area (Å²) in [6.07, 6.45) is 5.02. The molecular weight excluding hydrogens is 256 g/mol. The van der Waals surface area contributed by atoms with Gasteiger partial charge >= 0.3 is 0 Å². The van der Waals surface area contributed by atoms with Gasteiger partial charge in [0.25, 0.3) is 0 Å². The van der Waals surface area contributed by atoms with Gasteiger partial charge in [-0.2, -0.15) is 0 Å². The number of rotatable bonds is 2. The molecule has 1 aliphatic rings. The van der Waals surface area contributed by atoms with Crippen LogP contribution in [0.2, 0.25) is 0 Å². The smallest absolute Gasteiger partial charge is 0.106 e. The van der Waals surface area contributed by atoms with Crippen molar-refractivity contribution in [1.29, 1.82) is 0 Å². The zero-order valence-corrected chi connectivity index (χ0v) is 12.3. The highest BCUT2D eigenvalue weighted by molar-refractivity contribution is 6.22. The predicted molar refractivity (Wildman–Crippen MR) is 79.0 cm³/mol. The van der Waals surface area contributed by atoms with Crippen molar-refractivity contribution in [2.24, 2.45) is 0 Å². The topological polar surface area (TPSA) is 13.1 Å². The lowest BCUT2D eigenvalue weighted by molar-refractivity contribution is 0.501. The van der Waals surface area contributed by atoms with Gasteiger partial charge in [0.05, 0.1) is 5.38 Å². The number of aryl methyl sites for hydroxylation is 4. The molecule has 0 aliphatic heterocycles. The molecule has 100 valence electrons. The van der Waals surface area contributed by atoms with Crippen LogP contribution < -0.4 is 0 Å². The normalized spacial score (nSPS) is 16.2. The van der Waals surface area contributed by atoms with Crippen LogP contribution in [0.4, 0.5) is 0 Å². The molecule has 1 nitrogen and oxygen atoms in total. The van der Waals surface area contributed by atoms with Crippen molar-refractivity contribution in [2.75, 3.05) is 0 Å². The Hall–Kier alpha value is -1.21. The van der Waals surface area contributed by atoms with Gasteiger partial charge in [-0.3, -0.25) is 0 Å². The van der Waals surface area contributed by atoms with Crippen molar-refractivity contribution in [3.63, 3.8) is 0 Å². The van der Waals surface area contributed by atoms with Gasteiger partial charge in [-0.05, 0) is 62.3 Å². The van der Waals surface area contributed by atoms with Crippen LogP contribution in [0.25, 0.3) is 0 Å². The average Bonchev–Trinajstić information content (AvgIpc) is 2.76. The van der Waals surface area contributed by atoms with E-state index in [0.717, 1.165) is 17.1 Å². The summed E-state index contributed by atoms with van der Waals surface area (Å²) in [5, 5.41) is -0.107. The first-order valence-corrected chi connectivity index (χ1v) is 7.41. The zero-order valence-electron chi connectivity index (χ0n) is 11.5. The summed E-state index contributed by atoms with van der Waals surface area (Å²) in [7, 11) is 0. The summed E-state index contributed by atoms with van der Waals surface area (Å²) >= 11 is 6.63. The van der Waals surface area contributed by atoms with E-state index in [1.165, 1.54) is 42.4 Å². The maximum atomic E-state index is 6.63. The van der Waals surface area contributed by atoms with Crippen LogP contribution in [-0.4, -0.2) is 0 Å². The second-order valence-electron chi connectivity index (χ2n) is 5.47. The SMILES string of the molecule is Cc1cc(C(Cl)c2ccc3c(c2)CCCC3)c(C)o1. The summed E-state index contributed by atoms with van der Waals surface area (Å²) in [4.78, 5) is 0. The Morgan fingerprint density at radius 1 is 1.05 bits per heavy atom. The molecule has 1 aliphatic carbocycles. The molecule has 1 atom stereocenters. The minimum atomic E-state index is -0.107. The Morgan fingerprint density at radius 3 is 2.47 bits per heavy atom. The minimum Gasteiger partial charge on any atom is -0.466 e. The molecule has 1 aromatic carbocycles. The molecule has 0 spiro atoms. The van der Waals surface area contributed by atoms with Gasteiger partial charge in [0.2, 0.25) is 0 Å². The van der Waals surface area contributed by atoms with Gasteiger partial charge in [0.15, 0.2) is 0 Å². The van der Waals surface area contributed by atoms with Crippen molar-refractivity contribution >= 4 is 11.6 Å². The lowest BCUT2D eigenvalue weighted by atomic mass is 9.89. The van der Waals surface area contributed by atoms with E-state index in [-0.39, 0.29) is 5.38 Å². The fourth-order valence-electron chi connectivity index (χ4n) is 2.99. The summed E-state index contributed by atoms with van der Waals surface area (Å²) in [5.74, 6) is 1.85. The summed E-state index contributed by atoms with van der Waals surface area (Å²) < 4.78 is 5.59. The Kier molecular flexibility index (Phi) is 3.40. The Balaban J connectivity index is 1.95. The van der Waals surface area contributed by atoms with Gasteiger partial charge in [-0.25, -0.2) is 0 Å². The van der Waals surface area contributed by atoms with Crippen molar-refractivity contribution in [2.45, 2.75) is 44.9 Å². The number of furan rings is 1. The number of halogens is 1. The Bertz CT molecular complexity index is 597. The van der Waals surface area contributed by atoms with Crippen LogP contribution in [0.1, 0.15) is 52.0 Å². The molecule has 1 heterocycles. The molecule has 19 heavy (non-hydrogen) atoms. The second-order valence-corrected chi connectivity index (χ2v) is 5.90. The third-order valence-corrected chi connectivity index (χ3v) is 4.50. The molecule has 1 aromatic heterocycles. The summed E-state index contributed by atoms with van der Waals surface area (Å²) in [6, 6.07) is 8.76. The fraction of sp³-hybridized carbons (Fsp3) is 0.412. The largest absolute Gasteiger partial charge is 0.466 e. The molecule has 0 fully saturated rings. The molecule has 0 saturated heterocycles. The number of alkyl halides is 1. The summed E-state index contributed by atoms with van der Waals surface area (Å²) in [5.41, 5.74) is 5.26. The third kappa shape index (κ3) is 2.44. The molecule has 1 unspecified atom stereocenters. The van der Waals surface area contributed by atoms with E-state index in [9.17, 15) is 0 Å². The van der Waals surface area contributed by atoms with Crippen molar-refractivity contribution in [3.05, 3.63) is 58.0 Å². The van der Waals surface area contributed by atoms with Crippen molar-refractivity contribution in [1.82, 2.24) is 0 Å². The first-order chi connectivity index (χ1) is 9.15. The Labute approximate surface area is 119 Å². The second kappa shape index (κ2) is 5.05. The molecular formula is C17H19ClO. The number of hydrogen-bond donors (Lipinski definition) is 0. The molecule has 0 amide bonds. The highest BCUT2D eigenvalue weighted by Crippen LogP contribution is 2.34. The van der Waals surface area contributed by atoms with E-state index in [1.807, 2.05) is 19.9 Å². The van der Waals surface area contributed by atoms with Crippen molar-refractivity contribution < 1.29 is 4.42 Å². The zero-order chi connectivity index (χ0) is 13.4. The van der Waals surface area contributed by atoms with Crippen LogP contribution >= 0.6 is 11.6 Å². The molecule has 2 heteroatoms. The van der Waals surface area contributed by atoms with Gasteiger partial charge < -0.3 is 4.42 Å². The van der Waals surface area contributed by atoms with Crippen molar-refractivity contribution in [3.8, 4) is 0 Å². The predicted octanol–water partition coefficient (Wildman–Crippen LogP) is 5.10. The molecule has 2 aromatic rings. The molecule has 3 rings (SSSR count). The quantitative estimate of drug-likeness (QED) is 0.694. The van der Waals surface area contributed by atoms with E-state index in [1.54, 1.807) is 0 Å². The van der Waals surface area contributed by atoms with E-state index in [0.29, 0.717) is 0 Å². The van der Waals surface area contributed by atoms with Crippen LogP contribution in [0.5, 0.6) is 0 Å². The van der Waals surface area contributed by atoms with Gasteiger partial charge in [-0.15, -0.1) is 11.6 Å². The minimum absolute atomic E-state index is 0.107. The van der Waals surface area contributed by atoms with Gasteiger partial charge in [0, 0.05) is 5.56 Å². The van der Waals surface area contributed by atoms with Gasteiger partial charge in [-0.1, -0.05) is 18.2 Å². The lowest BCUT2D eigenvalue weighted by Crippen LogP contribution is -2.04. The standard InChI is InChI=1S/C17H19ClO/c1-11-9-16(12(2)19-11)17(18)15-8-7-13-5-3-4-6-14(13)10-15/h7-10,17H,3-6H2,1-2H3. The Morgan fingerprint density at radius 2 is 1.79 bits per heavy atom. The maximum absolute atomic E-state index is 6.63. The molecule has 0 saturated carbocycles. The third-order valence-electron chi connectivity index (χ3n) is 4.02. The van der Waals surface area contributed by atoms with E-state index < -0.39 is 0 Å². The van der Waals surface area contributed by atoms with Gasteiger partial charge in [0.1, 0.15) is 11.5 Å². The first kappa shape index (κ1) is 12.8. The molecule has 0 bridgehead atoms. The molecule has 0 radical (unpaired) electrons. The highest BCUT2D eigenvalue weighted by atomic mass is 35.5. The number of benzene rings is 1. The highest BCUT2D eigenvalue weighted by Gasteiger charge is 2.18. The lowest BCUT2D eigenvalue weighted by Gasteiger charge is -2.18. The van der Waals surface area contributed by atoms with E-state index >= 15 is 0 Å². The summed E-state index contributed by atoms with van der Waals surface area (Å²) in [6.45, 7) is 3.95. The fourth-order valence-corrected chi connectivity index (χ4v) is 3.35. The monoisotopic (exact) mass is 274 g/mol. The van der Waals surface area contributed by atoms with E-state index in [2.05, 4.69) is 18.2 Å². The van der Waals surface area contributed by atoms with Crippen LogP contribution in [0.15, 0.2) is 28.7 Å². The van der Waals surface area contributed by atoms with Crippen LogP contribution in [-0.2, 0) is 12.8 Å².